The second-order valence-corrected chi connectivity index (χ2v) is 7.15. The van der Waals surface area contributed by atoms with Crippen molar-refractivity contribution in [2.24, 2.45) is 0 Å². The topological polar surface area (TPSA) is 53.4 Å². The molecule has 0 atom stereocenters. The number of alkyl halides is 1. The Morgan fingerprint density at radius 2 is 2.16 bits per heavy atom. The first-order valence-electron chi connectivity index (χ1n) is 8.01. The van der Waals surface area contributed by atoms with Crippen LogP contribution in [0.1, 0.15) is 36.2 Å². The van der Waals surface area contributed by atoms with Crippen LogP contribution in [-0.2, 0) is 22.8 Å². The average Bonchev–Trinajstić information content (AvgIpc) is 2.83. The minimum Gasteiger partial charge on any atom is -0.391 e. The molecule has 2 heterocycles. The molecule has 3 rings (SSSR count). The number of benzene rings is 1. The van der Waals surface area contributed by atoms with Gasteiger partial charge in [-0.05, 0) is 38.0 Å². The second-order valence-electron chi connectivity index (χ2n) is 6.88. The number of aryl methyl sites for hydroxylation is 1. The molecule has 0 unspecified atom stereocenters. The SMILES string of the molecule is C=C(CO)C(=O)N1Cc2c(nc3cc(F)c(C)cc3c2CCl)C1(C)C. The fourth-order valence-corrected chi connectivity index (χ4v) is 3.70. The Kier molecular flexibility index (Phi) is 4.33. The van der Waals surface area contributed by atoms with Crippen LogP contribution in [0.25, 0.3) is 10.9 Å². The summed E-state index contributed by atoms with van der Waals surface area (Å²) in [6.45, 7) is 9.02. The fourth-order valence-electron chi connectivity index (χ4n) is 3.40. The molecule has 1 aromatic carbocycles. The number of carbonyl (C=O) groups excluding carboxylic acids is 1. The Bertz CT molecular complexity index is 908. The predicted octanol–water partition coefficient (Wildman–Crippen LogP) is 3.55. The zero-order valence-corrected chi connectivity index (χ0v) is 15.2. The summed E-state index contributed by atoms with van der Waals surface area (Å²) in [5.74, 6) is -0.402. The number of aliphatic hydroxyl groups is 1. The zero-order valence-electron chi connectivity index (χ0n) is 14.5. The van der Waals surface area contributed by atoms with Crippen molar-refractivity contribution in [2.75, 3.05) is 6.61 Å². The lowest BCUT2D eigenvalue weighted by atomic mass is 9.94. The number of hydrogen-bond donors (Lipinski definition) is 1. The Morgan fingerprint density at radius 3 is 2.76 bits per heavy atom. The van der Waals surface area contributed by atoms with Gasteiger partial charge in [-0.15, -0.1) is 11.6 Å². The third-order valence-corrected chi connectivity index (χ3v) is 5.19. The highest BCUT2D eigenvalue weighted by atomic mass is 35.5. The van der Waals surface area contributed by atoms with E-state index in [1.807, 2.05) is 13.8 Å². The molecule has 25 heavy (non-hydrogen) atoms. The smallest absolute Gasteiger partial charge is 0.252 e. The van der Waals surface area contributed by atoms with Crippen molar-refractivity contribution in [3.63, 3.8) is 0 Å². The summed E-state index contributed by atoms with van der Waals surface area (Å²) >= 11 is 6.21. The monoisotopic (exact) mass is 362 g/mol. The molecule has 0 bridgehead atoms. The van der Waals surface area contributed by atoms with Crippen LogP contribution < -0.4 is 0 Å². The minimum atomic E-state index is -0.707. The van der Waals surface area contributed by atoms with E-state index in [0.717, 1.165) is 16.5 Å². The van der Waals surface area contributed by atoms with Crippen LogP contribution in [0, 0.1) is 12.7 Å². The molecule has 0 saturated carbocycles. The highest BCUT2D eigenvalue weighted by Crippen LogP contribution is 2.42. The molecule has 1 N–H and O–H groups in total. The Balaban J connectivity index is 2.25. The maximum Gasteiger partial charge on any atom is 0.252 e. The predicted molar refractivity (Wildman–Crippen MR) is 95.8 cm³/mol. The molecule has 0 saturated heterocycles. The first-order chi connectivity index (χ1) is 11.7. The molecule has 0 fully saturated rings. The van der Waals surface area contributed by atoms with Gasteiger partial charge in [-0.3, -0.25) is 4.79 Å². The van der Waals surface area contributed by atoms with Crippen molar-refractivity contribution in [3.8, 4) is 0 Å². The normalized spacial score (nSPS) is 15.5. The molecule has 6 heteroatoms. The zero-order chi connectivity index (χ0) is 18.5. The molecule has 0 radical (unpaired) electrons. The molecular weight excluding hydrogens is 343 g/mol. The van der Waals surface area contributed by atoms with Crippen molar-refractivity contribution in [1.82, 2.24) is 9.88 Å². The first kappa shape index (κ1) is 17.8. The van der Waals surface area contributed by atoms with E-state index >= 15 is 0 Å². The molecule has 1 aliphatic heterocycles. The van der Waals surface area contributed by atoms with Gasteiger partial charge < -0.3 is 10.0 Å². The summed E-state index contributed by atoms with van der Waals surface area (Å²) in [7, 11) is 0. The van der Waals surface area contributed by atoms with E-state index in [4.69, 9.17) is 11.6 Å². The standard InChI is InChI=1S/C19H20ClFN2O2/c1-10-5-12-13(7-20)14-8-23(18(25)11(2)9-24)19(3,4)17(14)22-16(12)6-15(10)21/h5-6,24H,2,7-9H2,1,3-4H3. The van der Waals surface area contributed by atoms with Gasteiger partial charge in [0.1, 0.15) is 5.82 Å². The van der Waals surface area contributed by atoms with Gasteiger partial charge in [0.15, 0.2) is 0 Å². The summed E-state index contributed by atoms with van der Waals surface area (Å²) in [5.41, 5.74) is 2.93. The number of carbonyl (C=O) groups is 1. The molecule has 1 aliphatic rings. The number of amides is 1. The maximum absolute atomic E-state index is 14.0. The van der Waals surface area contributed by atoms with Gasteiger partial charge in [0.05, 0.1) is 23.4 Å². The van der Waals surface area contributed by atoms with Crippen molar-refractivity contribution in [3.05, 3.63) is 52.5 Å². The lowest BCUT2D eigenvalue weighted by molar-refractivity contribution is -0.132. The van der Waals surface area contributed by atoms with E-state index in [1.54, 1.807) is 17.9 Å². The third-order valence-electron chi connectivity index (χ3n) is 4.93. The van der Waals surface area contributed by atoms with Crippen LogP contribution in [-0.4, -0.2) is 27.5 Å². The number of nitrogens with zero attached hydrogens (tertiary/aromatic N) is 2. The van der Waals surface area contributed by atoms with Gasteiger partial charge in [-0.1, -0.05) is 6.58 Å². The van der Waals surface area contributed by atoms with Gasteiger partial charge in [0.25, 0.3) is 5.91 Å². The molecule has 0 spiro atoms. The van der Waals surface area contributed by atoms with E-state index in [1.165, 1.54) is 6.07 Å². The highest BCUT2D eigenvalue weighted by Gasteiger charge is 2.43. The van der Waals surface area contributed by atoms with Crippen LogP contribution in [0.15, 0.2) is 24.3 Å². The van der Waals surface area contributed by atoms with Crippen LogP contribution in [0.3, 0.4) is 0 Å². The number of fused-ring (bicyclic) bond motifs is 2. The summed E-state index contributed by atoms with van der Waals surface area (Å²) < 4.78 is 14.0. The fraction of sp³-hybridized carbons (Fsp3) is 0.368. The number of halogens is 2. The Labute approximate surface area is 150 Å². The summed E-state index contributed by atoms with van der Waals surface area (Å²) in [6.07, 6.45) is 0. The molecule has 1 amide bonds. The maximum atomic E-state index is 14.0. The number of rotatable bonds is 3. The van der Waals surface area contributed by atoms with Gasteiger partial charge in [0, 0.05) is 35.0 Å². The quantitative estimate of drug-likeness (QED) is 0.671. The second kappa shape index (κ2) is 6.07. The number of aromatic nitrogens is 1. The van der Waals surface area contributed by atoms with E-state index in [9.17, 15) is 14.3 Å². The van der Waals surface area contributed by atoms with Crippen molar-refractivity contribution in [1.29, 1.82) is 0 Å². The molecule has 1 aromatic heterocycles. The Morgan fingerprint density at radius 1 is 1.48 bits per heavy atom. The van der Waals surface area contributed by atoms with Gasteiger partial charge in [-0.25, -0.2) is 9.37 Å². The summed E-state index contributed by atoms with van der Waals surface area (Å²) in [6, 6.07) is 3.16. The van der Waals surface area contributed by atoms with Crippen LogP contribution in [0.4, 0.5) is 4.39 Å². The van der Waals surface area contributed by atoms with Crippen LogP contribution in [0.2, 0.25) is 0 Å². The van der Waals surface area contributed by atoms with Gasteiger partial charge >= 0.3 is 0 Å². The van der Waals surface area contributed by atoms with Crippen LogP contribution >= 0.6 is 11.6 Å². The summed E-state index contributed by atoms with van der Waals surface area (Å²) in [4.78, 5) is 18.9. The summed E-state index contributed by atoms with van der Waals surface area (Å²) in [5, 5.41) is 10.0. The Hall–Kier alpha value is -1.98. The largest absolute Gasteiger partial charge is 0.391 e. The van der Waals surface area contributed by atoms with Crippen molar-refractivity contribution in [2.45, 2.75) is 38.7 Å². The van der Waals surface area contributed by atoms with E-state index in [-0.39, 0.29) is 23.2 Å². The highest BCUT2D eigenvalue weighted by molar-refractivity contribution is 6.18. The van der Waals surface area contributed by atoms with Gasteiger partial charge in [0.2, 0.25) is 0 Å². The number of pyridine rings is 1. The number of hydrogen-bond acceptors (Lipinski definition) is 3. The third kappa shape index (κ3) is 2.62. The molecule has 2 aromatic rings. The molecule has 132 valence electrons. The lowest BCUT2D eigenvalue weighted by Gasteiger charge is -2.32. The van der Waals surface area contributed by atoms with E-state index in [0.29, 0.717) is 23.3 Å². The molecule has 4 nitrogen and oxygen atoms in total. The minimum absolute atomic E-state index is 0.125. The lowest BCUT2D eigenvalue weighted by Crippen LogP contribution is -2.41. The first-order valence-corrected chi connectivity index (χ1v) is 8.54. The van der Waals surface area contributed by atoms with Gasteiger partial charge in [-0.2, -0.15) is 0 Å². The van der Waals surface area contributed by atoms with Crippen molar-refractivity contribution >= 4 is 28.4 Å². The van der Waals surface area contributed by atoms with E-state index in [2.05, 4.69) is 11.6 Å². The molecular formula is C19H20ClFN2O2. The van der Waals surface area contributed by atoms with E-state index < -0.39 is 12.1 Å². The molecule has 0 aliphatic carbocycles. The number of aliphatic hydroxyl groups excluding tert-OH is 1. The van der Waals surface area contributed by atoms with Crippen LogP contribution in [0.5, 0.6) is 0 Å². The van der Waals surface area contributed by atoms with Crippen molar-refractivity contribution < 1.29 is 14.3 Å². The average molecular weight is 363 g/mol.